The third kappa shape index (κ3) is 3.26. The van der Waals surface area contributed by atoms with Gasteiger partial charge in [0.1, 0.15) is 0 Å². The highest BCUT2D eigenvalue weighted by Crippen LogP contribution is 2.32. The Bertz CT molecular complexity index is 334. The summed E-state index contributed by atoms with van der Waals surface area (Å²) in [4.78, 5) is 12.1. The molecule has 18 heavy (non-hydrogen) atoms. The van der Waals surface area contributed by atoms with Gasteiger partial charge in [-0.3, -0.25) is 4.79 Å². The summed E-state index contributed by atoms with van der Waals surface area (Å²) in [6.45, 7) is 1.96. The fraction of sp³-hybridized carbons (Fsp3) is 0.800. The monoisotopic (exact) mass is 248 g/mol. The quantitative estimate of drug-likeness (QED) is 0.748. The van der Waals surface area contributed by atoms with Crippen LogP contribution in [-0.2, 0) is 4.79 Å². The fourth-order valence-electron chi connectivity index (χ4n) is 3.27. The van der Waals surface area contributed by atoms with E-state index in [0.717, 1.165) is 12.3 Å². The van der Waals surface area contributed by atoms with Crippen molar-refractivity contribution in [3.63, 3.8) is 0 Å². The first kappa shape index (κ1) is 13.4. The predicted octanol–water partition coefficient (Wildman–Crippen LogP) is 1.83. The van der Waals surface area contributed by atoms with E-state index in [1.807, 2.05) is 6.92 Å². The van der Waals surface area contributed by atoms with Crippen molar-refractivity contribution in [2.24, 2.45) is 5.92 Å². The van der Waals surface area contributed by atoms with Crippen molar-refractivity contribution in [3.05, 3.63) is 0 Å². The first-order valence-electron chi connectivity index (χ1n) is 7.20. The molecule has 3 heteroatoms. The molecule has 1 saturated heterocycles. The van der Waals surface area contributed by atoms with E-state index in [1.165, 1.54) is 32.1 Å². The van der Waals surface area contributed by atoms with Crippen molar-refractivity contribution in [1.82, 2.24) is 10.6 Å². The fourth-order valence-corrected chi connectivity index (χ4v) is 3.27. The Morgan fingerprint density at radius 2 is 2.17 bits per heavy atom. The number of hydrogen-bond acceptors (Lipinski definition) is 2. The van der Waals surface area contributed by atoms with Gasteiger partial charge in [0.2, 0.25) is 5.91 Å². The van der Waals surface area contributed by atoms with Gasteiger partial charge < -0.3 is 10.6 Å². The van der Waals surface area contributed by atoms with E-state index in [4.69, 9.17) is 6.42 Å². The van der Waals surface area contributed by atoms with Crippen molar-refractivity contribution in [1.29, 1.82) is 0 Å². The Morgan fingerprint density at radius 3 is 2.94 bits per heavy atom. The third-order valence-corrected chi connectivity index (χ3v) is 4.28. The minimum absolute atomic E-state index is 0.00965. The van der Waals surface area contributed by atoms with Crippen LogP contribution < -0.4 is 10.6 Å². The van der Waals surface area contributed by atoms with Crippen LogP contribution in [0, 0.1) is 18.3 Å². The Kier molecular flexibility index (Phi) is 4.66. The molecule has 0 aromatic carbocycles. The summed E-state index contributed by atoms with van der Waals surface area (Å²) in [6, 6.07) is 0.629. The van der Waals surface area contributed by atoms with Crippen LogP contribution in [0.1, 0.15) is 51.9 Å². The van der Waals surface area contributed by atoms with Gasteiger partial charge in [0.25, 0.3) is 0 Å². The van der Waals surface area contributed by atoms with Gasteiger partial charge in [-0.2, -0.15) is 0 Å². The molecule has 2 N–H and O–H groups in total. The maximum Gasteiger partial charge on any atom is 0.237 e. The van der Waals surface area contributed by atoms with E-state index < -0.39 is 0 Å². The second-order valence-corrected chi connectivity index (χ2v) is 5.77. The van der Waals surface area contributed by atoms with Gasteiger partial charge in [-0.25, -0.2) is 0 Å². The Morgan fingerprint density at radius 1 is 1.39 bits per heavy atom. The summed E-state index contributed by atoms with van der Waals surface area (Å²) in [5.74, 6) is 3.51. The van der Waals surface area contributed by atoms with Gasteiger partial charge in [-0.15, -0.1) is 12.3 Å². The minimum atomic E-state index is -0.00965. The number of fused-ring (bicyclic) bond motifs is 1. The zero-order chi connectivity index (χ0) is 13.0. The lowest BCUT2D eigenvalue weighted by molar-refractivity contribution is -0.125. The molecular weight excluding hydrogens is 224 g/mol. The lowest BCUT2D eigenvalue weighted by Gasteiger charge is -2.40. The van der Waals surface area contributed by atoms with Crippen LogP contribution in [0.3, 0.4) is 0 Å². The number of carbonyl (C=O) groups excluding carboxylic acids is 1. The molecular formula is C15H24N2O. The first-order chi connectivity index (χ1) is 8.70. The molecule has 1 aliphatic carbocycles. The second kappa shape index (κ2) is 6.24. The van der Waals surface area contributed by atoms with E-state index in [2.05, 4.69) is 16.6 Å². The van der Waals surface area contributed by atoms with Gasteiger partial charge in [0.15, 0.2) is 0 Å². The van der Waals surface area contributed by atoms with Crippen molar-refractivity contribution in [2.75, 3.05) is 0 Å². The molecule has 0 aromatic rings. The molecule has 100 valence electrons. The largest absolute Gasteiger partial charge is 0.351 e. The minimum Gasteiger partial charge on any atom is -0.351 e. The van der Waals surface area contributed by atoms with Crippen molar-refractivity contribution < 1.29 is 4.79 Å². The van der Waals surface area contributed by atoms with Crippen LogP contribution in [0.2, 0.25) is 0 Å². The van der Waals surface area contributed by atoms with Crippen molar-refractivity contribution >= 4 is 5.91 Å². The highest BCUT2D eigenvalue weighted by atomic mass is 16.2. The topological polar surface area (TPSA) is 41.1 Å². The number of terminal acetylenes is 1. The van der Waals surface area contributed by atoms with E-state index >= 15 is 0 Å². The lowest BCUT2D eigenvalue weighted by atomic mass is 9.77. The summed E-state index contributed by atoms with van der Waals surface area (Å²) < 4.78 is 0. The molecule has 1 heterocycles. The second-order valence-electron chi connectivity index (χ2n) is 5.77. The van der Waals surface area contributed by atoms with Crippen LogP contribution in [0.15, 0.2) is 0 Å². The van der Waals surface area contributed by atoms with Crippen LogP contribution >= 0.6 is 0 Å². The Hall–Kier alpha value is -1.01. The number of carbonyl (C=O) groups is 1. The molecule has 4 unspecified atom stereocenters. The summed E-state index contributed by atoms with van der Waals surface area (Å²) in [5, 5.41) is 6.54. The van der Waals surface area contributed by atoms with E-state index in [9.17, 15) is 4.79 Å². The molecule has 0 radical (unpaired) electrons. The molecule has 2 fully saturated rings. The molecule has 2 aliphatic rings. The van der Waals surface area contributed by atoms with Gasteiger partial charge in [0.05, 0.1) is 6.04 Å². The maximum atomic E-state index is 12.1. The van der Waals surface area contributed by atoms with E-state index in [-0.39, 0.29) is 18.0 Å². The Labute approximate surface area is 110 Å². The maximum absolute atomic E-state index is 12.1. The average Bonchev–Trinajstić information content (AvgIpc) is 2.38. The number of nitrogens with one attached hydrogen (secondary N) is 2. The number of hydrogen-bond donors (Lipinski definition) is 2. The van der Waals surface area contributed by atoms with Crippen LogP contribution in [0.4, 0.5) is 0 Å². The highest BCUT2D eigenvalue weighted by molar-refractivity contribution is 5.82. The van der Waals surface area contributed by atoms with E-state index in [1.54, 1.807) is 0 Å². The smallest absolute Gasteiger partial charge is 0.237 e. The van der Waals surface area contributed by atoms with Gasteiger partial charge >= 0.3 is 0 Å². The molecule has 1 aliphatic heterocycles. The molecule has 1 saturated carbocycles. The molecule has 4 atom stereocenters. The zero-order valence-electron chi connectivity index (χ0n) is 11.2. The first-order valence-corrected chi connectivity index (χ1v) is 7.20. The predicted molar refractivity (Wildman–Crippen MR) is 73.0 cm³/mol. The van der Waals surface area contributed by atoms with Crippen LogP contribution in [-0.4, -0.2) is 24.0 Å². The molecule has 0 spiro atoms. The van der Waals surface area contributed by atoms with Gasteiger partial charge in [0, 0.05) is 18.5 Å². The number of rotatable bonds is 3. The molecule has 3 nitrogen and oxygen atoms in total. The average molecular weight is 248 g/mol. The standard InChI is InChI=1S/C15H24N2O/c1-3-6-11(2)16-15(18)14-10-9-12-7-4-5-8-13(12)17-14/h1,11-14,17H,4-10H2,2H3,(H,16,18). The van der Waals surface area contributed by atoms with Gasteiger partial charge in [-0.05, 0) is 38.5 Å². The number of amides is 1. The van der Waals surface area contributed by atoms with Crippen LogP contribution in [0.5, 0.6) is 0 Å². The summed E-state index contributed by atoms with van der Waals surface area (Å²) in [6.07, 6.45) is 13.2. The lowest BCUT2D eigenvalue weighted by Crippen LogP contribution is -2.55. The Balaban J connectivity index is 1.83. The third-order valence-electron chi connectivity index (χ3n) is 4.28. The zero-order valence-corrected chi connectivity index (χ0v) is 11.2. The summed E-state index contributed by atoms with van der Waals surface area (Å²) in [5.41, 5.74) is 0. The molecule has 2 rings (SSSR count). The summed E-state index contributed by atoms with van der Waals surface area (Å²) in [7, 11) is 0. The molecule has 0 bridgehead atoms. The van der Waals surface area contributed by atoms with Crippen LogP contribution in [0.25, 0.3) is 0 Å². The van der Waals surface area contributed by atoms with Crippen molar-refractivity contribution in [3.8, 4) is 12.3 Å². The highest BCUT2D eigenvalue weighted by Gasteiger charge is 2.34. The number of piperidine rings is 1. The van der Waals surface area contributed by atoms with E-state index in [0.29, 0.717) is 12.5 Å². The van der Waals surface area contributed by atoms with Gasteiger partial charge in [-0.1, -0.05) is 12.8 Å². The van der Waals surface area contributed by atoms with Crippen molar-refractivity contribution in [2.45, 2.75) is 70.0 Å². The normalized spacial score (nSPS) is 33.0. The molecule has 1 amide bonds. The molecule has 0 aromatic heterocycles. The SMILES string of the molecule is C#CCC(C)NC(=O)C1CCC2CCCCC2N1. The summed E-state index contributed by atoms with van der Waals surface area (Å²) >= 11 is 0.